The molecule has 3 atom stereocenters. The average Bonchev–Trinajstić information content (AvgIpc) is 1.19. The van der Waals surface area contributed by atoms with Crippen LogP contribution in [0.3, 0.4) is 0 Å². The van der Waals surface area contributed by atoms with Crippen LogP contribution in [0.5, 0.6) is 11.5 Å². The molecule has 0 fully saturated rings. The van der Waals surface area contributed by atoms with Gasteiger partial charge in [-0.2, -0.15) is 0 Å². The van der Waals surface area contributed by atoms with Crippen molar-refractivity contribution in [3.05, 3.63) is 246 Å². The number of ether oxygens (including phenoxy) is 6. The highest BCUT2D eigenvalue weighted by molar-refractivity contribution is 8.00. The van der Waals surface area contributed by atoms with Crippen LogP contribution in [-0.2, 0) is 110 Å². The molecule has 8 aromatic carbocycles. The van der Waals surface area contributed by atoms with Crippen LogP contribution in [0.4, 0.5) is 36.2 Å². The van der Waals surface area contributed by atoms with Crippen molar-refractivity contribution in [1.29, 1.82) is 0 Å². The fourth-order valence-electron chi connectivity index (χ4n) is 19.0. The molecular weight excluding hydrogens is 1810 g/mol. The van der Waals surface area contributed by atoms with E-state index in [4.69, 9.17) is 28.4 Å². The highest BCUT2D eigenvalue weighted by Gasteiger charge is 2.36. The molecule has 3 aliphatic carbocycles. The van der Waals surface area contributed by atoms with E-state index in [9.17, 15) is 24.0 Å². The summed E-state index contributed by atoms with van der Waals surface area (Å²) in [5.41, 5.74) is 28.3. The molecule has 0 bridgehead atoms. The summed E-state index contributed by atoms with van der Waals surface area (Å²) in [7, 11) is 1.41. The lowest BCUT2D eigenvalue weighted by atomic mass is 9.77. The zero-order valence-corrected chi connectivity index (χ0v) is 96.1. The average molecular weight is 1990 g/mol. The Kier molecular flexibility index (Phi) is 39.3. The Balaban J connectivity index is 0.000000184. The van der Waals surface area contributed by atoms with Gasteiger partial charge in [0.2, 0.25) is 5.91 Å². The van der Waals surface area contributed by atoms with Crippen LogP contribution >= 0.6 is 11.8 Å². The van der Waals surface area contributed by atoms with E-state index in [-0.39, 0.29) is 97.1 Å². The number of fused-ring (bicyclic) bond motifs is 8. The minimum atomic E-state index is -0.463. The number of methoxy groups -OCH3 is 1. The minimum Gasteiger partial charge on any atom is -0.493 e. The topological polar surface area (TPSA) is 216 Å². The molecule has 16 rings (SSSR count). The molecule has 0 spiro atoms. The van der Waals surface area contributed by atoms with Crippen molar-refractivity contribution in [2.75, 3.05) is 68.3 Å². The van der Waals surface area contributed by atoms with Crippen LogP contribution in [0.2, 0.25) is 0 Å². The van der Waals surface area contributed by atoms with Gasteiger partial charge in [-0.1, -0.05) is 303 Å². The number of alkyl carbamates (subject to hydrolysis) is 3. The molecular formula is C125H183N7O11S. The first-order chi connectivity index (χ1) is 66.6. The number of nitrogens with zero attached hydrogens (tertiary/aromatic N) is 1. The second kappa shape index (κ2) is 48.2. The molecule has 144 heavy (non-hydrogen) atoms. The summed E-state index contributed by atoms with van der Waals surface area (Å²) in [6, 6.07) is 53.1. The van der Waals surface area contributed by atoms with Crippen LogP contribution < -0.4 is 41.4 Å². The monoisotopic (exact) mass is 1990 g/mol. The zero-order chi connectivity index (χ0) is 107. The second-order valence-corrected chi connectivity index (χ2v) is 52.7. The summed E-state index contributed by atoms with van der Waals surface area (Å²) < 4.78 is 31.9. The molecule has 790 valence electrons. The molecule has 0 saturated carbocycles. The van der Waals surface area contributed by atoms with Crippen LogP contribution in [0.25, 0.3) is 0 Å². The van der Waals surface area contributed by atoms with Gasteiger partial charge in [-0.3, -0.25) is 4.79 Å². The van der Waals surface area contributed by atoms with E-state index in [1.165, 1.54) is 131 Å². The van der Waals surface area contributed by atoms with Crippen molar-refractivity contribution >= 4 is 59.1 Å². The van der Waals surface area contributed by atoms with Gasteiger partial charge in [0.05, 0.1) is 55.6 Å². The quantitative estimate of drug-likeness (QED) is 0.0904. The van der Waals surface area contributed by atoms with Gasteiger partial charge in [0.1, 0.15) is 29.3 Å². The third kappa shape index (κ3) is 34.5. The normalized spacial score (nSPS) is 17.6. The third-order valence-electron chi connectivity index (χ3n) is 27.9. The molecule has 0 radical (unpaired) electrons. The number of carbonyl (C=O) groups is 5. The third-order valence-corrected chi connectivity index (χ3v) is 29.0. The maximum Gasteiger partial charge on any atom is 0.410 e. The number of amides is 5. The number of anilines is 3. The first kappa shape index (κ1) is 117. The van der Waals surface area contributed by atoms with Gasteiger partial charge in [-0.05, 0) is 323 Å². The molecule has 5 heterocycles. The lowest BCUT2D eigenvalue weighted by molar-refractivity contribution is -0.113. The number of rotatable bonds is 4. The van der Waals surface area contributed by atoms with Crippen molar-refractivity contribution in [2.45, 2.75) is 421 Å². The first-order valence-electron chi connectivity index (χ1n) is 53.1. The lowest BCUT2D eigenvalue weighted by Gasteiger charge is -2.34. The SMILES string of the molecule is CC(C)(C)OC(=O)N1CCc2c(cccc2C(C)(C)C)C1.CC(C)(C)OC(=O)NC1CCCc2ccc(C(C)(C)C)cc21.CC(C)(C)c1ccc2c(c1)NC(=O)CS2.CC(C)(C)c1ccc2c(c1)NCCCC2(C)C.CC(C)(C)c1ccc2c(c1)NCCO2.CC(C)(C)c1ccc2c(c1)OCCC2(C)C.CCOC(=O)NC1CCCc2ccc(C(C)(C)C)cc21.COC(=O)NC1CCCc2ccc(C(C)(C)C)cc21. The molecule has 19 heteroatoms. The van der Waals surface area contributed by atoms with Crippen molar-refractivity contribution in [3.8, 4) is 11.5 Å². The number of nitrogens with one attached hydrogen (secondary N) is 6. The van der Waals surface area contributed by atoms with Crippen molar-refractivity contribution < 1.29 is 52.4 Å². The molecule has 8 aromatic rings. The van der Waals surface area contributed by atoms with E-state index in [2.05, 4.69) is 371 Å². The number of hydrogen-bond donors (Lipinski definition) is 6. The summed E-state index contributed by atoms with van der Waals surface area (Å²) >= 11 is 1.60. The van der Waals surface area contributed by atoms with Crippen molar-refractivity contribution in [2.24, 2.45) is 0 Å². The maximum atomic E-state index is 12.2. The number of thioether (sulfide) groups is 1. The predicted molar refractivity (Wildman–Crippen MR) is 601 cm³/mol. The van der Waals surface area contributed by atoms with E-state index >= 15 is 0 Å². The molecule has 3 unspecified atom stereocenters. The molecule has 5 amide bonds. The Morgan fingerprint density at radius 2 is 0.833 bits per heavy atom. The van der Waals surface area contributed by atoms with E-state index in [0.29, 0.717) is 24.3 Å². The van der Waals surface area contributed by atoms with Crippen LogP contribution in [0.15, 0.2) is 150 Å². The highest BCUT2D eigenvalue weighted by Crippen LogP contribution is 2.45. The van der Waals surface area contributed by atoms with Gasteiger partial charge < -0.3 is 65.2 Å². The van der Waals surface area contributed by atoms with E-state index in [0.717, 1.165) is 126 Å². The first-order valence-corrected chi connectivity index (χ1v) is 54.1. The van der Waals surface area contributed by atoms with Gasteiger partial charge in [0.25, 0.3) is 0 Å². The van der Waals surface area contributed by atoms with Gasteiger partial charge in [0.15, 0.2) is 0 Å². The van der Waals surface area contributed by atoms with Crippen LogP contribution in [-0.4, -0.2) is 98.7 Å². The summed E-state index contributed by atoms with van der Waals surface area (Å²) in [5, 5.41) is 18.8. The van der Waals surface area contributed by atoms with E-state index < -0.39 is 11.2 Å². The smallest absolute Gasteiger partial charge is 0.410 e. The second-order valence-electron chi connectivity index (χ2n) is 51.7. The standard InChI is InChI=1S/C19H29NO2.C18H27NO2.C17H25NO2.C16H23NO2.C16H25N.C15H22O.C12H15NOS.C12H17NO/c1-18(2,3)14-11-10-13-8-7-9-16(15(13)12-14)20-17(21)22-19(4,5)6;1-17(2,3)15-9-7-8-13-12-19(11-10-14(13)15)16(20)21-18(4,5)6;1-5-20-16(19)18-15-8-6-7-12-9-10-13(11-14(12)15)17(2,3)4;1-16(2,3)12-9-8-11-6-5-7-14(13(11)10-12)17-15(18)19-4;1-15(2,3)12-7-8-13-14(11-12)17-10-6-9-16(13,4)5;1-14(2,3)11-6-7-12-13(10-11)16-9-8-15(12,4)5;1-12(2,3)8-4-5-10-9(6-8)13-11(14)7-15-10;1-12(2,3)9-4-5-11-10(8-9)13-6-7-14-11/h10-12,16H,7-9H2,1-6H3,(H,20,21);7-9H,10-12H2,1-6H3;9-11,15H,5-8H2,1-4H3,(H,18,19);8-10,14H,5-7H2,1-4H3,(H,17,18);7-8,11,17H,6,9-10H2,1-5H3;6-7,10H,8-9H2,1-5H3;4-6H,7H2,1-3H3,(H,13,14);4-5,8,13H,6-7H2,1-3H3. The molecule has 0 aromatic heterocycles. The summed E-state index contributed by atoms with van der Waals surface area (Å²) in [4.78, 5) is 61.6. The number of hydrogen-bond acceptors (Lipinski definition) is 14. The number of carbonyl (C=O) groups excluding carboxylic acids is 5. The minimum absolute atomic E-state index is 0.0564. The maximum absolute atomic E-state index is 12.2. The Hall–Kier alpha value is -10.1. The Bertz CT molecular complexity index is 5670. The molecule has 6 N–H and O–H groups in total. The van der Waals surface area contributed by atoms with Gasteiger partial charge in [-0.15, -0.1) is 11.8 Å². The van der Waals surface area contributed by atoms with Gasteiger partial charge >= 0.3 is 24.4 Å². The molecule has 18 nitrogen and oxygen atoms in total. The predicted octanol–water partition coefficient (Wildman–Crippen LogP) is 31.3. The summed E-state index contributed by atoms with van der Waals surface area (Å²) in [5.74, 6) is 2.69. The van der Waals surface area contributed by atoms with Crippen molar-refractivity contribution in [3.63, 3.8) is 0 Å². The molecule has 0 saturated heterocycles. The number of aryl methyl sites for hydroxylation is 3. The highest BCUT2D eigenvalue weighted by atomic mass is 32.2. The number of benzene rings is 8. The Morgan fingerprint density at radius 3 is 1.31 bits per heavy atom. The Labute approximate surface area is 873 Å². The van der Waals surface area contributed by atoms with Gasteiger partial charge in [-0.25, -0.2) is 19.2 Å². The van der Waals surface area contributed by atoms with Crippen molar-refractivity contribution in [1.82, 2.24) is 20.9 Å². The fraction of sp³-hybridized carbons (Fsp3) is 0.576. The van der Waals surface area contributed by atoms with Crippen LogP contribution in [0, 0.1) is 0 Å². The molecule has 8 aliphatic rings. The lowest BCUT2D eigenvalue weighted by Crippen LogP contribution is -2.40. The zero-order valence-electron chi connectivity index (χ0n) is 95.3. The molecule has 5 aliphatic heterocycles. The largest absolute Gasteiger partial charge is 0.493 e. The Morgan fingerprint density at radius 1 is 0.417 bits per heavy atom. The summed E-state index contributed by atoms with van der Waals surface area (Å²) in [6.45, 7) is 81.3. The summed E-state index contributed by atoms with van der Waals surface area (Å²) in [6.07, 6.45) is 12.9. The van der Waals surface area contributed by atoms with E-state index in [1.807, 2.05) is 48.5 Å². The van der Waals surface area contributed by atoms with E-state index in [1.54, 1.807) is 16.7 Å². The van der Waals surface area contributed by atoms with Gasteiger partial charge in [0, 0.05) is 36.8 Å². The fourth-order valence-corrected chi connectivity index (χ4v) is 19.8. The van der Waals surface area contributed by atoms with Crippen LogP contribution in [0.1, 0.15) is 418 Å².